The molecule has 19 heavy (non-hydrogen) atoms. The molecule has 98 valence electrons. The van der Waals surface area contributed by atoms with Crippen molar-refractivity contribution in [3.63, 3.8) is 0 Å². The van der Waals surface area contributed by atoms with Gasteiger partial charge in [0, 0.05) is 21.8 Å². The SMILES string of the molecule is C=CCc1cc(N)ccc1Oc1ccc(Br)c(C)n1. The molecule has 0 radical (unpaired) electrons. The van der Waals surface area contributed by atoms with Gasteiger partial charge in [-0.15, -0.1) is 6.58 Å². The van der Waals surface area contributed by atoms with Gasteiger partial charge in [0.2, 0.25) is 5.88 Å². The third kappa shape index (κ3) is 3.35. The number of nitrogens with two attached hydrogens (primary N) is 1. The van der Waals surface area contributed by atoms with Crippen molar-refractivity contribution in [3.8, 4) is 11.6 Å². The summed E-state index contributed by atoms with van der Waals surface area (Å²) < 4.78 is 6.78. The predicted molar refractivity (Wildman–Crippen MR) is 81.5 cm³/mol. The van der Waals surface area contributed by atoms with Crippen LogP contribution in [0.25, 0.3) is 0 Å². The van der Waals surface area contributed by atoms with E-state index in [1.807, 2.05) is 43.3 Å². The molecule has 2 rings (SSSR count). The average Bonchev–Trinajstić information content (AvgIpc) is 2.37. The van der Waals surface area contributed by atoms with E-state index in [1.54, 1.807) is 0 Å². The molecular weight excluding hydrogens is 304 g/mol. The Morgan fingerprint density at radius 2 is 2.16 bits per heavy atom. The molecule has 0 saturated heterocycles. The number of nitrogens with zero attached hydrogens (tertiary/aromatic N) is 1. The van der Waals surface area contributed by atoms with E-state index < -0.39 is 0 Å². The summed E-state index contributed by atoms with van der Waals surface area (Å²) in [5, 5.41) is 0. The third-order valence-corrected chi connectivity index (χ3v) is 3.50. The molecule has 0 saturated carbocycles. The molecular formula is C15H15BrN2O. The van der Waals surface area contributed by atoms with E-state index in [9.17, 15) is 0 Å². The predicted octanol–water partition coefficient (Wildman–Crippen LogP) is 4.26. The minimum absolute atomic E-state index is 0.566. The van der Waals surface area contributed by atoms with E-state index in [4.69, 9.17) is 10.5 Å². The smallest absolute Gasteiger partial charge is 0.219 e. The lowest BCUT2D eigenvalue weighted by molar-refractivity contribution is 0.457. The van der Waals surface area contributed by atoms with Crippen molar-refractivity contribution in [2.45, 2.75) is 13.3 Å². The molecule has 0 unspecified atom stereocenters. The normalized spacial score (nSPS) is 10.2. The van der Waals surface area contributed by atoms with Gasteiger partial charge in [0.15, 0.2) is 0 Å². The molecule has 2 N–H and O–H groups in total. The Balaban J connectivity index is 2.31. The Morgan fingerprint density at radius 1 is 1.37 bits per heavy atom. The van der Waals surface area contributed by atoms with Gasteiger partial charge in [-0.2, -0.15) is 0 Å². The topological polar surface area (TPSA) is 48.1 Å². The van der Waals surface area contributed by atoms with E-state index in [0.717, 1.165) is 21.5 Å². The standard InChI is InChI=1S/C15H15BrN2O/c1-3-4-11-9-12(17)5-7-14(11)19-15-8-6-13(16)10(2)18-15/h3,5-9H,1,4,17H2,2H3. The molecule has 0 spiro atoms. The highest BCUT2D eigenvalue weighted by atomic mass is 79.9. The van der Waals surface area contributed by atoms with Crippen LogP contribution in [0.2, 0.25) is 0 Å². The van der Waals surface area contributed by atoms with Crippen LogP contribution in [0.5, 0.6) is 11.6 Å². The second-order valence-corrected chi connectivity index (χ2v) is 5.03. The van der Waals surface area contributed by atoms with E-state index in [2.05, 4.69) is 27.5 Å². The van der Waals surface area contributed by atoms with Crippen LogP contribution in [-0.2, 0) is 6.42 Å². The number of aromatic nitrogens is 1. The van der Waals surface area contributed by atoms with Crippen LogP contribution in [0, 0.1) is 6.92 Å². The van der Waals surface area contributed by atoms with Crippen molar-refractivity contribution in [2.75, 3.05) is 5.73 Å². The van der Waals surface area contributed by atoms with Crippen LogP contribution in [0.3, 0.4) is 0 Å². The summed E-state index contributed by atoms with van der Waals surface area (Å²) in [6.07, 6.45) is 2.53. The van der Waals surface area contributed by atoms with Crippen LogP contribution >= 0.6 is 15.9 Å². The summed E-state index contributed by atoms with van der Waals surface area (Å²) >= 11 is 3.42. The number of anilines is 1. The molecule has 3 nitrogen and oxygen atoms in total. The molecule has 4 heteroatoms. The van der Waals surface area contributed by atoms with Gasteiger partial charge in [-0.25, -0.2) is 4.98 Å². The molecule has 0 bridgehead atoms. The van der Waals surface area contributed by atoms with E-state index >= 15 is 0 Å². The summed E-state index contributed by atoms with van der Waals surface area (Å²) in [4.78, 5) is 4.37. The van der Waals surface area contributed by atoms with Crippen LogP contribution in [0.1, 0.15) is 11.3 Å². The Hall–Kier alpha value is -1.81. The fourth-order valence-corrected chi connectivity index (χ4v) is 1.93. The summed E-state index contributed by atoms with van der Waals surface area (Å²) in [6.45, 7) is 5.66. The molecule has 2 aromatic rings. The zero-order valence-electron chi connectivity index (χ0n) is 10.7. The van der Waals surface area contributed by atoms with Crippen LogP contribution < -0.4 is 10.5 Å². The second kappa shape index (κ2) is 5.89. The third-order valence-electron chi connectivity index (χ3n) is 2.66. The Bertz CT molecular complexity index is 611. The Labute approximate surface area is 121 Å². The molecule has 0 aliphatic carbocycles. The number of benzene rings is 1. The van der Waals surface area contributed by atoms with Crippen LogP contribution in [0.15, 0.2) is 47.5 Å². The summed E-state index contributed by atoms with van der Waals surface area (Å²) in [5.41, 5.74) is 8.38. The van der Waals surface area contributed by atoms with E-state index in [0.29, 0.717) is 18.0 Å². The van der Waals surface area contributed by atoms with Gasteiger partial charge in [-0.1, -0.05) is 6.08 Å². The molecule has 0 fully saturated rings. The van der Waals surface area contributed by atoms with Crippen molar-refractivity contribution >= 4 is 21.6 Å². The molecule has 0 atom stereocenters. The van der Waals surface area contributed by atoms with Crippen LogP contribution in [-0.4, -0.2) is 4.98 Å². The maximum Gasteiger partial charge on any atom is 0.219 e. The number of pyridine rings is 1. The fourth-order valence-electron chi connectivity index (χ4n) is 1.70. The van der Waals surface area contributed by atoms with Gasteiger partial charge in [-0.3, -0.25) is 0 Å². The largest absolute Gasteiger partial charge is 0.439 e. The first-order chi connectivity index (χ1) is 9.10. The number of hydrogen-bond donors (Lipinski definition) is 1. The monoisotopic (exact) mass is 318 g/mol. The maximum absolute atomic E-state index is 5.82. The lowest BCUT2D eigenvalue weighted by atomic mass is 10.1. The fraction of sp³-hybridized carbons (Fsp3) is 0.133. The van der Waals surface area contributed by atoms with Crippen molar-refractivity contribution < 1.29 is 4.74 Å². The number of halogens is 1. The highest BCUT2D eigenvalue weighted by Gasteiger charge is 2.06. The van der Waals surface area contributed by atoms with Gasteiger partial charge < -0.3 is 10.5 Å². The zero-order valence-corrected chi connectivity index (χ0v) is 12.3. The summed E-state index contributed by atoms with van der Waals surface area (Å²) in [7, 11) is 0. The van der Waals surface area contributed by atoms with Gasteiger partial charge in [-0.05, 0) is 53.5 Å². The number of rotatable bonds is 4. The highest BCUT2D eigenvalue weighted by molar-refractivity contribution is 9.10. The first-order valence-electron chi connectivity index (χ1n) is 5.90. The summed E-state index contributed by atoms with van der Waals surface area (Å²) in [5.74, 6) is 1.32. The zero-order chi connectivity index (χ0) is 13.8. The molecule has 1 aromatic heterocycles. The van der Waals surface area contributed by atoms with Crippen LogP contribution in [0.4, 0.5) is 5.69 Å². The number of aryl methyl sites for hydroxylation is 1. The van der Waals surface area contributed by atoms with Gasteiger partial charge >= 0.3 is 0 Å². The average molecular weight is 319 g/mol. The van der Waals surface area contributed by atoms with E-state index in [1.165, 1.54) is 0 Å². The molecule has 0 aliphatic heterocycles. The molecule has 1 aromatic carbocycles. The minimum atomic E-state index is 0.566. The number of hydrogen-bond acceptors (Lipinski definition) is 3. The highest BCUT2D eigenvalue weighted by Crippen LogP contribution is 2.28. The lowest BCUT2D eigenvalue weighted by Gasteiger charge is -2.11. The number of nitrogen functional groups attached to an aromatic ring is 1. The van der Waals surface area contributed by atoms with Gasteiger partial charge in [0.25, 0.3) is 0 Å². The minimum Gasteiger partial charge on any atom is -0.439 e. The second-order valence-electron chi connectivity index (χ2n) is 4.18. The number of allylic oxidation sites excluding steroid dienone is 1. The quantitative estimate of drug-likeness (QED) is 0.677. The van der Waals surface area contributed by atoms with Crippen molar-refractivity contribution in [3.05, 3.63) is 58.7 Å². The summed E-state index contributed by atoms with van der Waals surface area (Å²) in [6, 6.07) is 9.30. The van der Waals surface area contributed by atoms with Gasteiger partial charge in [0.05, 0.1) is 5.69 Å². The molecule has 1 heterocycles. The van der Waals surface area contributed by atoms with Crippen molar-refractivity contribution in [1.82, 2.24) is 4.98 Å². The van der Waals surface area contributed by atoms with E-state index in [-0.39, 0.29) is 0 Å². The first-order valence-corrected chi connectivity index (χ1v) is 6.69. The number of ether oxygens (including phenoxy) is 1. The molecule has 0 amide bonds. The van der Waals surface area contributed by atoms with Gasteiger partial charge in [0.1, 0.15) is 5.75 Å². The first kappa shape index (κ1) is 13.6. The molecule has 0 aliphatic rings. The van der Waals surface area contributed by atoms with Crippen molar-refractivity contribution in [2.24, 2.45) is 0 Å². The Morgan fingerprint density at radius 3 is 2.84 bits per heavy atom. The van der Waals surface area contributed by atoms with Crippen molar-refractivity contribution in [1.29, 1.82) is 0 Å². The maximum atomic E-state index is 5.82. The Kier molecular flexibility index (Phi) is 4.22. The lowest BCUT2D eigenvalue weighted by Crippen LogP contribution is -1.96.